The summed E-state index contributed by atoms with van der Waals surface area (Å²) in [5.41, 5.74) is 1.27. The standard InChI is InChI=1S/C23H35BNO6P/c1-5-6-18-13-21(18)17-7-9-19(10-8-17)31-32(27,25-16(4)23(26)29-15(2)3)28-14-20-11-12-22(24)30-20/h7-10,15-16,18,20-22H,5-6,11-14H2,1-4H3,(H,25,27). The van der Waals surface area contributed by atoms with E-state index in [1.54, 1.807) is 32.9 Å². The molecule has 1 N–H and O–H groups in total. The summed E-state index contributed by atoms with van der Waals surface area (Å²) >= 11 is 0. The van der Waals surface area contributed by atoms with Crippen molar-refractivity contribution in [3.8, 4) is 5.75 Å². The van der Waals surface area contributed by atoms with Crippen LogP contribution < -0.4 is 9.61 Å². The maximum Gasteiger partial charge on any atom is 0.459 e. The summed E-state index contributed by atoms with van der Waals surface area (Å²) in [6, 6.07) is 6.39. The Bertz CT molecular complexity index is 804. The Hall–Kier alpha value is -1.34. The molecule has 1 saturated carbocycles. The lowest BCUT2D eigenvalue weighted by Crippen LogP contribution is -2.36. The predicted molar refractivity (Wildman–Crippen MR) is 124 cm³/mol. The molecule has 1 aromatic carbocycles. The summed E-state index contributed by atoms with van der Waals surface area (Å²) in [4.78, 5) is 12.2. The molecule has 0 bridgehead atoms. The third kappa shape index (κ3) is 7.34. The van der Waals surface area contributed by atoms with Gasteiger partial charge in [0.15, 0.2) is 0 Å². The van der Waals surface area contributed by atoms with Crippen LogP contribution >= 0.6 is 7.75 Å². The van der Waals surface area contributed by atoms with Gasteiger partial charge in [0, 0.05) is 6.00 Å². The fourth-order valence-corrected chi connectivity index (χ4v) is 5.53. The molecule has 3 rings (SSSR count). The highest BCUT2D eigenvalue weighted by Crippen LogP contribution is 2.51. The molecule has 0 amide bonds. The average molecular weight is 463 g/mol. The Morgan fingerprint density at radius 2 is 1.97 bits per heavy atom. The molecule has 1 aliphatic heterocycles. The smallest absolute Gasteiger partial charge is 0.459 e. The molecule has 6 unspecified atom stereocenters. The monoisotopic (exact) mass is 463 g/mol. The van der Waals surface area contributed by atoms with Crippen LogP contribution in [0.2, 0.25) is 0 Å². The van der Waals surface area contributed by atoms with Gasteiger partial charge in [-0.1, -0.05) is 31.9 Å². The first-order valence-electron chi connectivity index (χ1n) is 11.6. The van der Waals surface area contributed by atoms with E-state index in [9.17, 15) is 9.36 Å². The lowest BCUT2D eigenvalue weighted by atomic mass is 9.97. The summed E-state index contributed by atoms with van der Waals surface area (Å²) < 4.78 is 35.7. The van der Waals surface area contributed by atoms with Gasteiger partial charge in [0.05, 0.1) is 18.8 Å². The maximum atomic E-state index is 13.5. The van der Waals surface area contributed by atoms with Crippen LogP contribution in [0.15, 0.2) is 24.3 Å². The van der Waals surface area contributed by atoms with E-state index in [4.69, 9.17) is 26.4 Å². The summed E-state index contributed by atoms with van der Waals surface area (Å²) in [6.45, 7) is 7.33. The number of benzene rings is 1. The highest BCUT2D eigenvalue weighted by Gasteiger charge is 2.38. The van der Waals surface area contributed by atoms with Crippen molar-refractivity contribution in [2.75, 3.05) is 6.61 Å². The van der Waals surface area contributed by atoms with Crippen LogP contribution in [0.25, 0.3) is 0 Å². The van der Waals surface area contributed by atoms with Crippen molar-refractivity contribution < 1.29 is 27.9 Å². The molecule has 176 valence electrons. The molecule has 0 spiro atoms. The Labute approximate surface area is 192 Å². The van der Waals surface area contributed by atoms with Gasteiger partial charge >= 0.3 is 13.7 Å². The molecule has 7 nitrogen and oxygen atoms in total. The molecule has 2 aliphatic rings. The van der Waals surface area contributed by atoms with Crippen LogP contribution in [0.4, 0.5) is 0 Å². The lowest BCUT2D eigenvalue weighted by Gasteiger charge is -2.24. The van der Waals surface area contributed by atoms with Gasteiger partial charge in [-0.25, -0.2) is 4.57 Å². The Kier molecular flexibility index (Phi) is 8.85. The average Bonchev–Trinajstić information content (AvgIpc) is 3.37. The van der Waals surface area contributed by atoms with E-state index in [2.05, 4.69) is 12.0 Å². The van der Waals surface area contributed by atoms with E-state index in [1.807, 2.05) is 12.1 Å². The van der Waals surface area contributed by atoms with Gasteiger partial charge in [-0.3, -0.25) is 9.32 Å². The fourth-order valence-electron chi connectivity index (χ4n) is 4.01. The van der Waals surface area contributed by atoms with E-state index >= 15 is 0 Å². The van der Waals surface area contributed by atoms with Crippen LogP contribution in [-0.2, 0) is 23.4 Å². The highest BCUT2D eigenvalue weighted by atomic mass is 31.2. The van der Waals surface area contributed by atoms with Crippen molar-refractivity contribution in [1.29, 1.82) is 0 Å². The van der Waals surface area contributed by atoms with E-state index in [0.717, 1.165) is 5.92 Å². The number of hydrogen-bond donors (Lipinski definition) is 1. The van der Waals surface area contributed by atoms with Crippen LogP contribution in [0, 0.1) is 5.92 Å². The van der Waals surface area contributed by atoms with Crippen LogP contribution in [0.5, 0.6) is 5.75 Å². The first kappa shape index (κ1) is 25.3. The van der Waals surface area contributed by atoms with Gasteiger partial charge in [0.1, 0.15) is 19.6 Å². The maximum absolute atomic E-state index is 13.5. The second-order valence-corrected chi connectivity index (χ2v) is 10.7. The summed E-state index contributed by atoms with van der Waals surface area (Å²) in [6.07, 6.45) is 4.53. The normalized spacial score (nSPS) is 27.7. The molecule has 0 aromatic heterocycles. The van der Waals surface area contributed by atoms with Crippen LogP contribution in [0.3, 0.4) is 0 Å². The number of hydrogen-bond acceptors (Lipinski definition) is 6. The molecule has 1 aromatic rings. The number of esters is 1. The molecular formula is C23H35BNO6P. The summed E-state index contributed by atoms with van der Waals surface area (Å²) in [7, 11) is 1.89. The quantitative estimate of drug-likeness (QED) is 0.273. The lowest BCUT2D eigenvalue weighted by molar-refractivity contribution is -0.149. The number of carbonyl (C=O) groups excluding carboxylic acids is 1. The molecule has 6 atom stereocenters. The third-order valence-electron chi connectivity index (χ3n) is 5.74. The number of rotatable bonds is 12. The van der Waals surface area contributed by atoms with Crippen molar-refractivity contribution >= 4 is 21.6 Å². The molecule has 9 heteroatoms. The fraction of sp³-hybridized carbons (Fsp3) is 0.696. The minimum atomic E-state index is -3.88. The first-order valence-corrected chi connectivity index (χ1v) is 13.2. The molecule has 32 heavy (non-hydrogen) atoms. The van der Waals surface area contributed by atoms with Crippen molar-refractivity contribution in [3.63, 3.8) is 0 Å². The van der Waals surface area contributed by atoms with E-state index in [1.165, 1.54) is 24.8 Å². The summed E-state index contributed by atoms with van der Waals surface area (Å²) in [5, 5.41) is 2.71. The Balaban J connectivity index is 1.65. The number of ether oxygens (including phenoxy) is 2. The van der Waals surface area contributed by atoms with Gasteiger partial charge in [0.25, 0.3) is 0 Å². The number of nitrogens with one attached hydrogen (secondary N) is 1. The molecule has 2 fully saturated rings. The molecular weight excluding hydrogens is 428 g/mol. The Morgan fingerprint density at radius 3 is 2.56 bits per heavy atom. The largest absolute Gasteiger partial charge is 0.462 e. The molecule has 1 heterocycles. The zero-order valence-corrected chi connectivity index (χ0v) is 20.4. The highest BCUT2D eigenvalue weighted by molar-refractivity contribution is 7.52. The third-order valence-corrected chi connectivity index (χ3v) is 7.39. The van der Waals surface area contributed by atoms with Crippen LogP contribution in [0.1, 0.15) is 71.3 Å². The van der Waals surface area contributed by atoms with Crippen molar-refractivity contribution in [3.05, 3.63) is 29.8 Å². The van der Waals surface area contributed by atoms with E-state index in [0.29, 0.717) is 24.5 Å². The van der Waals surface area contributed by atoms with Gasteiger partial charge in [-0.2, -0.15) is 5.09 Å². The molecule has 1 saturated heterocycles. The zero-order valence-electron chi connectivity index (χ0n) is 19.5. The summed E-state index contributed by atoms with van der Waals surface area (Å²) in [5.74, 6) is 1.23. The zero-order chi connectivity index (χ0) is 23.3. The van der Waals surface area contributed by atoms with Crippen molar-refractivity contribution in [2.45, 2.75) is 90.0 Å². The van der Waals surface area contributed by atoms with Gasteiger partial charge < -0.3 is 14.0 Å². The van der Waals surface area contributed by atoms with Gasteiger partial charge in [-0.05, 0) is 69.6 Å². The molecule has 2 radical (unpaired) electrons. The SMILES string of the molecule is [B]C1CCC(COP(=O)(NC(C)C(=O)OC(C)C)Oc2ccc(C3CC3CCC)cc2)O1. The Morgan fingerprint density at radius 1 is 1.25 bits per heavy atom. The number of carbonyl (C=O) groups is 1. The minimum Gasteiger partial charge on any atom is -0.462 e. The van der Waals surface area contributed by atoms with Crippen molar-refractivity contribution in [1.82, 2.24) is 5.09 Å². The topological polar surface area (TPSA) is 83.1 Å². The van der Waals surface area contributed by atoms with E-state index < -0.39 is 19.8 Å². The molecule has 1 aliphatic carbocycles. The van der Waals surface area contributed by atoms with Gasteiger partial charge in [0.2, 0.25) is 0 Å². The predicted octanol–water partition coefficient (Wildman–Crippen LogP) is 4.70. The second-order valence-electron chi connectivity index (χ2n) is 9.05. The van der Waals surface area contributed by atoms with E-state index in [-0.39, 0.29) is 24.8 Å². The van der Waals surface area contributed by atoms with Crippen molar-refractivity contribution in [2.24, 2.45) is 5.92 Å². The van der Waals surface area contributed by atoms with Gasteiger partial charge in [-0.15, -0.1) is 0 Å². The first-order chi connectivity index (χ1) is 15.2. The van der Waals surface area contributed by atoms with Crippen LogP contribution in [-0.4, -0.2) is 44.7 Å². The minimum absolute atomic E-state index is 0.0444. The second kappa shape index (κ2) is 11.2.